The first-order valence-electron chi connectivity index (χ1n) is 11.1. The van der Waals surface area contributed by atoms with Crippen LogP contribution in [0.5, 0.6) is 0 Å². The van der Waals surface area contributed by atoms with E-state index in [4.69, 9.17) is 0 Å². The van der Waals surface area contributed by atoms with Crippen molar-refractivity contribution in [2.45, 2.75) is 31.8 Å². The fraction of sp³-hybridized carbons (Fsp3) is 0.308. The zero-order valence-corrected chi connectivity index (χ0v) is 18.8. The lowest BCUT2D eigenvalue weighted by molar-refractivity contribution is 0.0726. The molecule has 32 heavy (non-hydrogen) atoms. The standard InChI is InChI=1S/C26H27N3O2.ClH/c30-25(24-11-6-14-29(24)22-8-2-1-3-9-22)16-21-15-19(12-13-27-21)17-28-18-20-7-4-5-10-23(20)26(28)31;/h1-11,14,19,21,27H,12-13,15-18H2;1H. The predicted molar refractivity (Wildman–Crippen MR) is 128 cm³/mol. The van der Waals surface area contributed by atoms with Crippen LogP contribution in [0.25, 0.3) is 5.69 Å². The number of nitrogens with zero attached hydrogens (tertiary/aromatic N) is 2. The number of carbonyl (C=O) groups excluding carboxylic acids is 2. The summed E-state index contributed by atoms with van der Waals surface area (Å²) in [5.41, 5.74) is 3.68. The van der Waals surface area contributed by atoms with Crippen LogP contribution in [-0.2, 0) is 6.54 Å². The number of carbonyl (C=O) groups is 2. The first-order valence-corrected chi connectivity index (χ1v) is 11.1. The maximum atomic E-state index is 13.1. The van der Waals surface area contributed by atoms with Crippen molar-refractivity contribution in [3.8, 4) is 5.69 Å². The van der Waals surface area contributed by atoms with Crippen molar-refractivity contribution in [2.24, 2.45) is 5.92 Å². The first kappa shape index (κ1) is 22.3. The fourth-order valence-electron chi connectivity index (χ4n) is 4.94. The fourth-order valence-corrected chi connectivity index (χ4v) is 4.94. The molecule has 1 fully saturated rings. The number of ketones is 1. The van der Waals surface area contributed by atoms with Gasteiger partial charge in [-0.2, -0.15) is 0 Å². The van der Waals surface area contributed by atoms with Crippen molar-refractivity contribution in [1.82, 2.24) is 14.8 Å². The van der Waals surface area contributed by atoms with Gasteiger partial charge in [-0.15, -0.1) is 12.4 Å². The van der Waals surface area contributed by atoms with Gasteiger partial charge in [0, 0.05) is 43.0 Å². The van der Waals surface area contributed by atoms with E-state index >= 15 is 0 Å². The number of amides is 1. The second-order valence-electron chi connectivity index (χ2n) is 8.61. The lowest BCUT2D eigenvalue weighted by Crippen LogP contribution is -2.43. The highest BCUT2D eigenvalue weighted by Crippen LogP contribution is 2.27. The minimum Gasteiger partial charge on any atom is -0.334 e. The van der Waals surface area contributed by atoms with E-state index in [0.717, 1.165) is 48.4 Å². The molecule has 2 atom stereocenters. The molecule has 2 aliphatic heterocycles. The first-order chi connectivity index (χ1) is 15.2. The summed E-state index contributed by atoms with van der Waals surface area (Å²) in [6, 6.07) is 21.8. The average molecular weight is 450 g/mol. The predicted octanol–water partition coefficient (Wildman–Crippen LogP) is 4.50. The number of aromatic nitrogens is 1. The Hall–Kier alpha value is -2.89. The molecule has 1 aromatic heterocycles. The van der Waals surface area contributed by atoms with Crippen LogP contribution in [0.3, 0.4) is 0 Å². The van der Waals surface area contributed by atoms with Gasteiger partial charge in [-0.1, -0.05) is 36.4 Å². The third kappa shape index (κ3) is 4.50. The van der Waals surface area contributed by atoms with E-state index in [1.807, 2.05) is 82.4 Å². The Morgan fingerprint density at radius 1 is 1.00 bits per heavy atom. The second-order valence-corrected chi connectivity index (χ2v) is 8.61. The van der Waals surface area contributed by atoms with E-state index in [-0.39, 0.29) is 30.1 Å². The number of halogens is 1. The van der Waals surface area contributed by atoms with Gasteiger partial charge in [0.25, 0.3) is 5.91 Å². The molecule has 166 valence electrons. The van der Waals surface area contributed by atoms with Crippen molar-refractivity contribution in [3.05, 3.63) is 89.7 Å². The van der Waals surface area contributed by atoms with Crippen LogP contribution >= 0.6 is 12.4 Å². The van der Waals surface area contributed by atoms with Gasteiger partial charge in [0.2, 0.25) is 0 Å². The highest BCUT2D eigenvalue weighted by molar-refractivity contribution is 5.98. The number of para-hydroxylation sites is 1. The maximum absolute atomic E-state index is 13.1. The highest BCUT2D eigenvalue weighted by Gasteiger charge is 2.31. The quantitative estimate of drug-likeness (QED) is 0.564. The molecule has 2 aromatic carbocycles. The Balaban J connectivity index is 0.00000245. The van der Waals surface area contributed by atoms with Crippen LogP contribution < -0.4 is 5.32 Å². The van der Waals surface area contributed by atoms with E-state index in [1.165, 1.54) is 0 Å². The summed E-state index contributed by atoms with van der Waals surface area (Å²) >= 11 is 0. The SMILES string of the molecule is Cl.O=C(CC1CC(CN2Cc3ccccc3C2=O)CCN1)c1cccn1-c1ccccc1. The molecule has 2 aliphatic rings. The molecule has 1 amide bonds. The van der Waals surface area contributed by atoms with Crippen LogP contribution in [-0.4, -0.2) is 40.3 Å². The molecule has 0 aliphatic carbocycles. The summed E-state index contributed by atoms with van der Waals surface area (Å²) in [6.45, 7) is 2.35. The smallest absolute Gasteiger partial charge is 0.254 e. The van der Waals surface area contributed by atoms with Gasteiger partial charge in [-0.25, -0.2) is 0 Å². The summed E-state index contributed by atoms with van der Waals surface area (Å²) < 4.78 is 1.96. The normalized spacial score (nSPS) is 20.0. The molecule has 3 heterocycles. The summed E-state index contributed by atoms with van der Waals surface area (Å²) in [5.74, 6) is 0.706. The zero-order valence-electron chi connectivity index (χ0n) is 17.9. The molecular formula is C26H28ClN3O2. The third-order valence-corrected chi connectivity index (χ3v) is 6.48. The van der Waals surface area contributed by atoms with Gasteiger partial charge in [-0.05, 0) is 61.2 Å². The zero-order chi connectivity index (χ0) is 21.2. The number of hydrogen-bond donors (Lipinski definition) is 1. The molecule has 6 heteroatoms. The maximum Gasteiger partial charge on any atom is 0.254 e. The van der Waals surface area contributed by atoms with E-state index in [9.17, 15) is 9.59 Å². The van der Waals surface area contributed by atoms with Crippen molar-refractivity contribution in [3.63, 3.8) is 0 Å². The van der Waals surface area contributed by atoms with Crippen LogP contribution in [0.2, 0.25) is 0 Å². The number of Topliss-reactive ketones (excluding diaryl/α,β-unsaturated/α-hetero) is 1. The number of benzene rings is 2. The van der Waals surface area contributed by atoms with Crippen LogP contribution in [0.15, 0.2) is 72.9 Å². The van der Waals surface area contributed by atoms with Gasteiger partial charge in [0.1, 0.15) is 0 Å². The Morgan fingerprint density at radius 3 is 2.59 bits per heavy atom. The molecule has 1 saturated heterocycles. The van der Waals surface area contributed by atoms with E-state index in [0.29, 0.717) is 18.9 Å². The number of hydrogen-bond acceptors (Lipinski definition) is 3. The summed E-state index contributed by atoms with van der Waals surface area (Å²) in [7, 11) is 0. The number of piperidine rings is 1. The molecule has 1 N–H and O–H groups in total. The van der Waals surface area contributed by atoms with Crippen molar-refractivity contribution in [1.29, 1.82) is 0 Å². The van der Waals surface area contributed by atoms with Crippen LogP contribution in [0, 0.1) is 5.92 Å². The number of rotatable bonds is 6. The molecule has 0 spiro atoms. The summed E-state index contributed by atoms with van der Waals surface area (Å²) in [4.78, 5) is 27.8. The monoisotopic (exact) mass is 449 g/mol. The minimum atomic E-state index is 0. The van der Waals surface area contributed by atoms with Crippen molar-refractivity contribution >= 4 is 24.1 Å². The van der Waals surface area contributed by atoms with Gasteiger partial charge in [-0.3, -0.25) is 9.59 Å². The number of nitrogens with one attached hydrogen (secondary N) is 1. The third-order valence-electron chi connectivity index (χ3n) is 6.48. The Bertz CT molecular complexity index is 1100. The Labute approximate surface area is 194 Å². The topological polar surface area (TPSA) is 54.3 Å². The molecule has 2 unspecified atom stereocenters. The van der Waals surface area contributed by atoms with Crippen LogP contribution in [0.4, 0.5) is 0 Å². The van der Waals surface area contributed by atoms with Gasteiger partial charge < -0.3 is 14.8 Å². The van der Waals surface area contributed by atoms with Crippen molar-refractivity contribution < 1.29 is 9.59 Å². The van der Waals surface area contributed by atoms with E-state index in [1.54, 1.807) is 0 Å². The van der Waals surface area contributed by atoms with Gasteiger partial charge >= 0.3 is 0 Å². The molecule has 3 aromatic rings. The molecular weight excluding hydrogens is 422 g/mol. The average Bonchev–Trinajstić information content (AvgIpc) is 3.40. The molecule has 0 radical (unpaired) electrons. The summed E-state index contributed by atoms with van der Waals surface area (Å²) in [5, 5.41) is 3.52. The van der Waals surface area contributed by atoms with Gasteiger partial charge in [0.15, 0.2) is 5.78 Å². The molecule has 5 rings (SSSR count). The lowest BCUT2D eigenvalue weighted by atomic mass is 9.89. The lowest BCUT2D eigenvalue weighted by Gasteiger charge is -2.32. The second kappa shape index (κ2) is 9.72. The number of fused-ring (bicyclic) bond motifs is 1. The molecule has 0 saturated carbocycles. The Kier molecular flexibility index (Phi) is 6.77. The Morgan fingerprint density at radius 2 is 1.78 bits per heavy atom. The largest absolute Gasteiger partial charge is 0.334 e. The molecule has 5 nitrogen and oxygen atoms in total. The molecule has 0 bridgehead atoms. The van der Waals surface area contributed by atoms with Crippen molar-refractivity contribution in [2.75, 3.05) is 13.1 Å². The van der Waals surface area contributed by atoms with Gasteiger partial charge in [0.05, 0.1) is 5.69 Å². The van der Waals surface area contributed by atoms with E-state index in [2.05, 4.69) is 5.32 Å². The minimum absolute atomic E-state index is 0. The highest BCUT2D eigenvalue weighted by atomic mass is 35.5. The van der Waals surface area contributed by atoms with E-state index < -0.39 is 0 Å². The summed E-state index contributed by atoms with van der Waals surface area (Å²) in [6.07, 6.45) is 4.36. The van der Waals surface area contributed by atoms with Crippen LogP contribution in [0.1, 0.15) is 45.7 Å².